The lowest BCUT2D eigenvalue weighted by atomic mass is 10.1. The average molecular weight is 365 g/mol. The number of hydrogen-bond acceptors (Lipinski definition) is 5. The van der Waals surface area contributed by atoms with E-state index in [-0.39, 0.29) is 31.0 Å². The van der Waals surface area contributed by atoms with Gasteiger partial charge in [-0.2, -0.15) is 0 Å². The van der Waals surface area contributed by atoms with E-state index in [0.717, 1.165) is 16.9 Å². The molecule has 1 amide bonds. The lowest BCUT2D eigenvalue weighted by Crippen LogP contribution is -2.38. The van der Waals surface area contributed by atoms with Crippen LogP contribution in [-0.4, -0.2) is 56.3 Å². The van der Waals surface area contributed by atoms with Crippen LogP contribution in [0.15, 0.2) is 18.2 Å². The molecule has 0 atom stereocenters. The molecule has 0 heterocycles. The molecular weight excluding hydrogens is 334 g/mol. The Morgan fingerprint density at radius 2 is 1.77 bits per heavy atom. The lowest BCUT2D eigenvalue weighted by Gasteiger charge is -2.23. The molecule has 0 aromatic heterocycles. The highest BCUT2D eigenvalue weighted by molar-refractivity contribution is 5.78. The summed E-state index contributed by atoms with van der Waals surface area (Å²) in [5, 5.41) is 0. The Morgan fingerprint density at radius 3 is 2.35 bits per heavy atom. The predicted molar refractivity (Wildman–Crippen MR) is 100 cm³/mol. The van der Waals surface area contributed by atoms with Gasteiger partial charge in [-0.3, -0.25) is 9.59 Å². The topological polar surface area (TPSA) is 65.1 Å². The number of carbonyl (C=O) groups is 2. The van der Waals surface area contributed by atoms with Gasteiger partial charge in [0.25, 0.3) is 5.91 Å². The first-order chi connectivity index (χ1) is 12.3. The summed E-state index contributed by atoms with van der Waals surface area (Å²) in [4.78, 5) is 25.6. The van der Waals surface area contributed by atoms with Crippen molar-refractivity contribution in [3.8, 4) is 5.75 Å². The van der Waals surface area contributed by atoms with E-state index >= 15 is 0 Å². The lowest BCUT2D eigenvalue weighted by molar-refractivity contribution is -0.142. The van der Waals surface area contributed by atoms with Crippen LogP contribution in [0.2, 0.25) is 0 Å². The van der Waals surface area contributed by atoms with Crippen LogP contribution in [0.1, 0.15) is 37.8 Å². The minimum absolute atomic E-state index is 0.0576. The highest BCUT2D eigenvalue weighted by Crippen LogP contribution is 2.22. The molecular formula is C20H31NO5. The Hall–Kier alpha value is -2.08. The van der Waals surface area contributed by atoms with Crippen LogP contribution < -0.4 is 4.74 Å². The van der Waals surface area contributed by atoms with Gasteiger partial charge in [-0.15, -0.1) is 0 Å². The summed E-state index contributed by atoms with van der Waals surface area (Å²) in [6.07, 6.45) is 1.02. The predicted octanol–water partition coefficient (Wildman–Crippen LogP) is 2.89. The van der Waals surface area contributed by atoms with Gasteiger partial charge < -0.3 is 19.1 Å². The molecule has 0 saturated carbocycles. The number of ether oxygens (including phenoxy) is 3. The van der Waals surface area contributed by atoms with Crippen LogP contribution in [0, 0.1) is 13.8 Å². The van der Waals surface area contributed by atoms with E-state index < -0.39 is 0 Å². The first-order valence-corrected chi connectivity index (χ1v) is 9.00. The van der Waals surface area contributed by atoms with Gasteiger partial charge in [0.1, 0.15) is 5.75 Å². The number of para-hydroxylation sites is 1. The maximum atomic E-state index is 12.6. The van der Waals surface area contributed by atoms with Crippen molar-refractivity contribution in [1.82, 2.24) is 4.90 Å². The van der Waals surface area contributed by atoms with Crippen LogP contribution in [-0.2, 0) is 19.1 Å². The standard InChI is InChI=1S/C20H31NO5/c1-15(2)25-13-7-11-21(12-10-19(23)24-5)18(22)14-26-20-16(3)8-6-9-17(20)4/h6,8-9,15H,7,10-14H2,1-5H3. The third-order valence-electron chi connectivity index (χ3n) is 3.94. The highest BCUT2D eigenvalue weighted by Gasteiger charge is 2.17. The van der Waals surface area contributed by atoms with Gasteiger partial charge in [0.15, 0.2) is 6.61 Å². The molecule has 0 radical (unpaired) electrons. The Labute approximate surface area is 156 Å². The van der Waals surface area contributed by atoms with Crippen molar-refractivity contribution in [3.63, 3.8) is 0 Å². The van der Waals surface area contributed by atoms with Crippen molar-refractivity contribution >= 4 is 11.9 Å². The fraction of sp³-hybridized carbons (Fsp3) is 0.600. The van der Waals surface area contributed by atoms with Gasteiger partial charge >= 0.3 is 5.97 Å². The number of aryl methyl sites for hydroxylation is 2. The molecule has 0 N–H and O–H groups in total. The van der Waals surface area contributed by atoms with Gasteiger partial charge in [-0.05, 0) is 45.2 Å². The fourth-order valence-electron chi connectivity index (χ4n) is 2.52. The van der Waals surface area contributed by atoms with Crippen molar-refractivity contribution in [3.05, 3.63) is 29.3 Å². The van der Waals surface area contributed by atoms with Crippen molar-refractivity contribution in [1.29, 1.82) is 0 Å². The first-order valence-electron chi connectivity index (χ1n) is 9.00. The largest absolute Gasteiger partial charge is 0.483 e. The molecule has 6 heteroatoms. The summed E-state index contributed by atoms with van der Waals surface area (Å²) in [7, 11) is 1.34. The van der Waals surface area contributed by atoms with Crippen LogP contribution in [0.3, 0.4) is 0 Å². The number of hydrogen-bond donors (Lipinski definition) is 0. The molecule has 0 aliphatic heterocycles. The van der Waals surface area contributed by atoms with Crippen molar-refractivity contribution in [2.75, 3.05) is 33.4 Å². The highest BCUT2D eigenvalue weighted by atomic mass is 16.5. The zero-order valence-electron chi connectivity index (χ0n) is 16.5. The summed E-state index contributed by atoms with van der Waals surface area (Å²) >= 11 is 0. The summed E-state index contributed by atoms with van der Waals surface area (Å²) in [6.45, 7) is 9.17. The second-order valence-corrected chi connectivity index (χ2v) is 6.49. The van der Waals surface area contributed by atoms with E-state index in [0.29, 0.717) is 26.1 Å². The summed E-state index contributed by atoms with van der Waals surface area (Å²) < 4.78 is 15.9. The van der Waals surface area contributed by atoms with Crippen LogP contribution in [0.5, 0.6) is 5.75 Å². The monoisotopic (exact) mass is 365 g/mol. The number of benzene rings is 1. The van der Waals surface area contributed by atoms with Crippen molar-refractivity contribution < 1.29 is 23.8 Å². The smallest absolute Gasteiger partial charge is 0.307 e. The quantitative estimate of drug-likeness (QED) is 0.446. The SMILES string of the molecule is COC(=O)CCN(CCCOC(C)C)C(=O)COc1c(C)cccc1C. The minimum atomic E-state index is -0.336. The van der Waals surface area contributed by atoms with E-state index in [2.05, 4.69) is 4.74 Å². The van der Waals surface area contributed by atoms with Gasteiger partial charge in [0.2, 0.25) is 0 Å². The number of nitrogens with zero attached hydrogens (tertiary/aromatic N) is 1. The first kappa shape index (κ1) is 22.0. The molecule has 146 valence electrons. The molecule has 0 aliphatic rings. The maximum Gasteiger partial charge on any atom is 0.307 e. The molecule has 1 rings (SSSR count). The van der Waals surface area contributed by atoms with E-state index in [1.807, 2.05) is 45.9 Å². The van der Waals surface area contributed by atoms with Gasteiger partial charge in [0.05, 0.1) is 19.6 Å². The third-order valence-corrected chi connectivity index (χ3v) is 3.94. The third kappa shape index (κ3) is 7.87. The van der Waals surface area contributed by atoms with Gasteiger partial charge in [-0.1, -0.05) is 18.2 Å². The molecule has 0 fully saturated rings. The average Bonchev–Trinajstić information content (AvgIpc) is 2.59. The normalized spacial score (nSPS) is 10.7. The molecule has 1 aromatic rings. The van der Waals surface area contributed by atoms with E-state index in [1.165, 1.54) is 7.11 Å². The molecule has 26 heavy (non-hydrogen) atoms. The minimum Gasteiger partial charge on any atom is -0.483 e. The van der Waals surface area contributed by atoms with E-state index in [1.54, 1.807) is 4.90 Å². The molecule has 6 nitrogen and oxygen atoms in total. The maximum absolute atomic E-state index is 12.6. The molecule has 0 unspecified atom stereocenters. The molecule has 0 bridgehead atoms. The van der Waals surface area contributed by atoms with E-state index in [4.69, 9.17) is 9.47 Å². The molecule has 0 aliphatic carbocycles. The Balaban J connectivity index is 2.62. The zero-order chi connectivity index (χ0) is 19.5. The number of carbonyl (C=O) groups excluding carboxylic acids is 2. The summed E-state index contributed by atoms with van der Waals surface area (Å²) in [6, 6.07) is 5.85. The van der Waals surface area contributed by atoms with Crippen LogP contribution in [0.25, 0.3) is 0 Å². The number of methoxy groups -OCH3 is 1. The number of esters is 1. The van der Waals surface area contributed by atoms with Crippen molar-refractivity contribution in [2.45, 2.75) is 46.6 Å². The zero-order valence-corrected chi connectivity index (χ0v) is 16.5. The number of rotatable bonds is 11. The fourth-order valence-corrected chi connectivity index (χ4v) is 2.52. The second-order valence-electron chi connectivity index (χ2n) is 6.49. The van der Waals surface area contributed by atoms with Gasteiger partial charge in [0, 0.05) is 19.7 Å². The Bertz CT molecular complexity index is 565. The molecule has 1 aromatic carbocycles. The summed E-state index contributed by atoms with van der Waals surface area (Å²) in [5.74, 6) is 0.245. The molecule has 0 saturated heterocycles. The Kier molecular flexibility index (Phi) is 9.73. The van der Waals surface area contributed by atoms with E-state index in [9.17, 15) is 9.59 Å². The van der Waals surface area contributed by atoms with Crippen LogP contribution in [0.4, 0.5) is 0 Å². The number of amides is 1. The van der Waals surface area contributed by atoms with Crippen molar-refractivity contribution in [2.24, 2.45) is 0 Å². The van der Waals surface area contributed by atoms with Crippen LogP contribution >= 0.6 is 0 Å². The molecule has 0 spiro atoms. The second kappa shape index (κ2) is 11.5. The van der Waals surface area contributed by atoms with Gasteiger partial charge in [-0.25, -0.2) is 0 Å². The Morgan fingerprint density at radius 1 is 1.12 bits per heavy atom. The summed E-state index contributed by atoms with van der Waals surface area (Å²) in [5.41, 5.74) is 1.98.